The zero-order chi connectivity index (χ0) is 11.5. The summed E-state index contributed by atoms with van der Waals surface area (Å²) < 4.78 is 0. The van der Waals surface area contributed by atoms with Gasteiger partial charge in [-0.05, 0) is 19.1 Å². The number of aromatic nitrogens is 2. The lowest BCUT2D eigenvalue weighted by molar-refractivity contribution is 0.249. The van der Waals surface area contributed by atoms with Crippen molar-refractivity contribution in [3.63, 3.8) is 0 Å². The van der Waals surface area contributed by atoms with E-state index in [0.29, 0.717) is 11.5 Å². The van der Waals surface area contributed by atoms with Gasteiger partial charge < -0.3 is 10.7 Å². The third-order valence-corrected chi connectivity index (χ3v) is 2.07. The van der Waals surface area contributed by atoms with Crippen molar-refractivity contribution in [2.45, 2.75) is 6.92 Å². The van der Waals surface area contributed by atoms with Gasteiger partial charge in [0, 0.05) is 0 Å². The number of benzene rings is 1. The van der Waals surface area contributed by atoms with Gasteiger partial charge in [-0.3, -0.25) is 0 Å². The van der Waals surface area contributed by atoms with Gasteiger partial charge in [0.25, 0.3) is 0 Å². The Morgan fingerprint density at radius 2 is 2.25 bits per heavy atom. The average molecular weight is 217 g/mol. The van der Waals surface area contributed by atoms with Crippen LogP contribution in [0.25, 0.3) is 11.0 Å². The molecule has 0 fully saturated rings. The quantitative estimate of drug-likeness (QED) is 0.516. The van der Waals surface area contributed by atoms with Crippen molar-refractivity contribution >= 4 is 22.8 Å². The molecule has 0 unspecified atom stereocenters. The number of hydrazone groups is 1. The largest absolute Gasteiger partial charge is 0.350 e. The van der Waals surface area contributed by atoms with Crippen LogP contribution in [0.3, 0.4) is 0 Å². The third kappa shape index (κ3) is 2.00. The molecule has 0 saturated heterocycles. The van der Waals surface area contributed by atoms with Gasteiger partial charge in [0.1, 0.15) is 5.71 Å². The van der Waals surface area contributed by atoms with Crippen LogP contribution in [0.2, 0.25) is 0 Å². The lowest BCUT2D eigenvalue weighted by atomic mass is 10.3. The fraction of sp³-hybridized carbons (Fsp3) is 0.100. The first-order chi connectivity index (χ1) is 7.66. The summed E-state index contributed by atoms with van der Waals surface area (Å²) in [7, 11) is 0. The number of carbonyl (C=O) groups excluding carboxylic acids is 1. The van der Waals surface area contributed by atoms with Crippen LogP contribution in [0.15, 0.2) is 29.4 Å². The number of imidazole rings is 1. The highest BCUT2D eigenvalue weighted by Crippen LogP contribution is 2.10. The van der Waals surface area contributed by atoms with E-state index in [1.807, 2.05) is 24.3 Å². The first kappa shape index (κ1) is 10.2. The Morgan fingerprint density at radius 1 is 1.50 bits per heavy atom. The van der Waals surface area contributed by atoms with E-state index in [9.17, 15) is 4.79 Å². The first-order valence-corrected chi connectivity index (χ1v) is 4.71. The van der Waals surface area contributed by atoms with Crippen molar-refractivity contribution in [2.75, 3.05) is 0 Å². The number of nitrogens with one attached hydrogen (secondary N) is 2. The molecular weight excluding hydrogens is 206 g/mol. The highest BCUT2D eigenvalue weighted by Gasteiger charge is 2.04. The predicted molar refractivity (Wildman–Crippen MR) is 61.0 cm³/mol. The van der Waals surface area contributed by atoms with Crippen LogP contribution >= 0.6 is 0 Å². The Balaban J connectivity index is 2.33. The lowest BCUT2D eigenvalue weighted by Crippen LogP contribution is -2.25. The summed E-state index contributed by atoms with van der Waals surface area (Å²) in [6.07, 6.45) is 0. The molecule has 0 aliphatic heterocycles. The van der Waals surface area contributed by atoms with E-state index in [1.165, 1.54) is 0 Å². The summed E-state index contributed by atoms with van der Waals surface area (Å²) in [5.41, 5.74) is 9.40. The highest BCUT2D eigenvalue weighted by atomic mass is 16.2. The second kappa shape index (κ2) is 4.01. The normalized spacial score (nSPS) is 11.7. The molecular formula is C10H11N5O. The summed E-state index contributed by atoms with van der Waals surface area (Å²) in [6.45, 7) is 1.73. The Morgan fingerprint density at radius 3 is 2.94 bits per heavy atom. The second-order valence-corrected chi connectivity index (χ2v) is 3.28. The number of primary amides is 1. The zero-order valence-electron chi connectivity index (χ0n) is 8.69. The Labute approximate surface area is 91.6 Å². The minimum Gasteiger partial charge on any atom is -0.350 e. The van der Waals surface area contributed by atoms with Crippen LogP contribution in [-0.2, 0) is 0 Å². The lowest BCUT2D eigenvalue weighted by Gasteiger charge is -1.95. The van der Waals surface area contributed by atoms with Crippen molar-refractivity contribution in [3.05, 3.63) is 30.1 Å². The molecule has 1 aromatic carbocycles. The smallest absolute Gasteiger partial charge is 0.332 e. The standard InChI is InChI=1S/C10H11N5O/c1-6(14-15-10(11)16)9-12-7-4-2-3-5-8(7)13-9/h2-5H,1H3,(H,12,13)(H3,11,15,16). The Kier molecular flexibility index (Phi) is 2.55. The molecule has 6 heteroatoms. The fourth-order valence-corrected chi connectivity index (χ4v) is 1.32. The molecule has 0 aliphatic rings. The fourth-order valence-electron chi connectivity index (χ4n) is 1.32. The molecule has 0 atom stereocenters. The van der Waals surface area contributed by atoms with Crippen LogP contribution in [0.1, 0.15) is 12.7 Å². The number of carbonyl (C=O) groups is 1. The molecule has 0 radical (unpaired) electrons. The number of nitrogens with zero attached hydrogens (tertiary/aromatic N) is 2. The summed E-state index contributed by atoms with van der Waals surface area (Å²) in [4.78, 5) is 17.9. The molecule has 2 amide bonds. The minimum atomic E-state index is -0.699. The van der Waals surface area contributed by atoms with Gasteiger partial charge in [0.05, 0.1) is 11.0 Å². The number of hydrogen-bond acceptors (Lipinski definition) is 3. The molecule has 82 valence electrons. The molecule has 4 N–H and O–H groups in total. The molecule has 16 heavy (non-hydrogen) atoms. The molecule has 0 bridgehead atoms. The molecule has 1 heterocycles. The predicted octanol–water partition coefficient (Wildman–Crippen LogP) is 0.955. The summed E-state index contributed by atoms with van der Waals surface area (Å²) in [6, 6.07) is 6.93. The number of aromatic amines is 1. The number of amides is 2. The second-order valence-electron chi connectivity index (χ2n) is 3.28. The van der Waals surface area contributed by atoms with Crippen LogP contribution in [0.5, 0.6) is 0 Å². The van der Waals surface area contributed by atoms with Gasteiger partial charge in [-0.2, -0.15) is 5.10 Å². The van der Waals surface area contributed by atoms with Gasteiger partial charge in [0.15, 0.2) is 5.82 Å². The van der Waals surface area contributed by atoms with Crippen LogP contribution in [-0.4, -0.2) is 21.7 Å². The third-order valence-electron chi connectivity index (χ3n) is 2.07. The number of fused-ring (bicyclic) bond motifs is 1. The molecule has 0 spiro atoms. The van der Waals surface area contributed by atoms with Gasteiger partial charge in [0.2, 0.25) is 0 Å². The van der Waals surface area contributed by atoms with Crippen molar-refractivity contribution in [2.24, 2.45) is 10.8 Å². The van der Waals surface area contributed by atoms with Gasteiger partial charge >= 0.3 is 6.03 Å². The van der Waals surface area contributed by atoms with Crippen LogP contribution in [0.4, 0.5) is 4.79 Å². The van der Waals surface area contributed by atoms with E-state index in [-0.39, 0.29) is 0 Å². The van der Waals surface area contributed by atoms with Crippen molar-refractivity contribution < 1.29 is 4.79 Å². The SMILES string of the molecule is CC(=NNC(N)=O)c1nc2ccccc2[nH]1. The van der Waals surface area contributed by atoms with E-state index < -0.39 is 6.03 Å². The van der Waals surface area contributed by atoms with E-state index in [2.05, 4.69) is 20.5 Å². The van der Waals surface area contributed by atoms with E-state index in [1.54, 1.807) is 6.92 Å². The Bertz CT molecular complexity index is 524. The number of urea groups is 1. The van der Waals surface area contributed by atoms with E-state index in [0.717, 1.165) is 11.0 Å². The van der Waals surface area contributed by atoms with Crippen molar-refractivity contribution in [1.82, 2.24) is 15.4 Å². The molecule has 6 nitrogen and oxygen atoms in total. The van der Waals surface area contributed by atoms with Crippen LogP contribution < -0.4 is 11.2 Å². The first-order valence-electron chi connectivity index (χ1n) is 4.71. The highest BCUT2D eigenvalue weighted by molar-refractivity contribution is 5.98. The summed E-state index contributed by atoms with van der Waals surface area (Å²) >= 11 is 0. The Hall–Kier alpha value is -2.37. The zero-order valence-corrected chi connectivity index (χ0v) is 8.69. The van der Waals surface area contributed by atoms with E-state index in [4.69, 9.17) is 5.73 Å². The van der Waals surface area contributed by atoms with Gasteiger partial charge in [-0.15, -0.1) is 0 Å². The monoisotopic (exact) mass is 217 g/mol. The van der Waals surface area contributed by atoms with Crippen LogP contribution in [0, 0.1) is 0 Å². The molecule has 2 aromatic rings. The maximum absolute atomic E-state index is 10.5. The molecule has 1 aromatic heterocycles. The number of hydrogen-bond donors (Lipinski definition) is 3. The van der Waals surface area contributed by atoms with Crippen molar-refractivity contribution in [1.29, 1.82) is 0 Å². The number of rotatable bonds is 2. The maximum Gasteiger partial charge on any atom is 0.332 e. The molecule has 0 saturated carbocycles. The van der Waals surface area contributed by atoms with Gasteiger partial charge in [-0.1, -0.05) is 12.1 Å². The molecule has 2 rings (SSSR count). The average Bonchev–Trinajstić information content (AvgIpc) is 2.69. The summed E-state index contributed by atoms with van der Waals surface area (Å²) in [5, 5.41) is 3.79. The topological polar surface area (TPSA) is 96.2 Å². The molecule has 0 aliphatic carbocycles. The van der Waals surface area contributed by atoms with Gasteiger partial charge in [-0.25, -0.2) is 15.2 Å². The summed E-state index contributed by atoms with van der Waals surface area (Å²) in [5.74, 6) is 0.606. The van der Waals surface area contributed by atoms with Crippen molar-refractivity contribution in [3.8, 4) is 0 Å². The number of para-hydroxylation sites is 2. The van der Waals surface area contributed by atoms with E-state index >= 15 is 0 Å². The minimum absolute atomic E-state index is 0.565. The number of nitrogens with two attached hydrogens (primary N) is 1. The number of H-pyrrole nitrogens is 1. The maximum atomic E-state index is 10.5.